The Balaban J connectivity index is 1.72. The molecule has 0 aromatic carbocycles. The largest absolute Gasteiger partial charge is 0.361 e. The molecule has 0 atom stereocenters. The maximum Gasteiger partial charge on any atom is 0.255 e. The second-order valence-electron chi connectivity index (χ2n) is 5.58. The molecule has 0 spiro atoms. The van der Waals surface area contributed by atoms with Gasteiger partial charge >= 0.3 is 0 Å². The number of nitrogens with one attached hydrogen (secondary N) is 2. The number of amides is 1. The Morgan fingerprint density at radius 2 is 2.16 bits per heavy atom. The molecule has 3 heterocycles. The summed E-state index contributed by atoms with van der Waals surface area (Å²) in [6.45, 7) is 3.72. The number of carbonyl (C=O) groups excluding carboxylic acids is 1. The van der Waals surface area contributed by atoms with Crippen molar-refractivity contribution < 1.29 is 9.32 Å². The van der Waals surface area contributed by atoms with Gasteiger partial charge in [0.25, 0.3) is 5.56 Å². The Kier molecular flexibility index (Phi) is 4.69. The van der Waals surface area contributed by atoms with E-state index in [9.17, 15) is 9.59 Å². The van der Waals surface area contributed by atoms with Gasteiger partial charge in [-0.05, 0) is 26.0 Å². The molecule has 3 aromatic heterocycles. The SMILES string of the molecule is Cc1cc(CNC(=O)Cc2c(C)nc(-c3ccccn3)[nH]c2=O)no1. The molecule has 2 N–H and O–H groups in total. The molecule has 0 aliphatic rings. The number of aryl methyl sites for hydroxylation is 2. The maximum absolute atomic E-state index is 12.3. The Bertz CT molecular complexity index is 946. The number of H-pyrrole nitrogens is 1. The average Bonchev–Trinajstić information content (AvgIpc) is 3.02. The van der Waals surface area contributed by atoms with Crippen LogP contribution in [0.4, 0.5) is 0 Å². The lowest BCUT2D eigenvalue weighted by Crippen LogP contribution is -2.29. The van der Waals surface area contributed by atoms with Crippen LogP contribution in [0.2, 0.25) is 0 Å². The minimum Gasteiger partial charge on any atom is -0.361 e. The third-order valence-electron chi connectivity index (χ3n) is 3.61. The van der Waals surface area contributed by atoms with Crippen LogP contribution in [0, 0.1) is 13.8 Å². The van der Waals surface area contributed by atoms with Gasteiger partial charge in [0.1, 0.15) is 17.1 Å². The molecule has 0 aliphatic carbocycles. The highest BCUT2D eigenvalue weighted by Crippen LogP contribution is 2.11. The van der Waals surface area contributed by atoms with E-state index in [1.807, 2.05) is 6.07 Å². The topological polar surface area (TPSA) is 114 Å². The molecule has 0 bridgehead atoms. The van der Waals surface area contributed by atoms with Gasteiger partial charge in [0, 0.05) is 23.5 Å². The summed E-state index contributed by atoms with van der Waals surface area (Å²) in [6.07, 6.45) is 1.56. The molecule has 0 saturated carbocycles. The summed E-state index contributed by atoms with van der Waals surface area (Å²) >= 11 is 0. The smallest absolute Gasteiger partial charge is 0.255 e. The highest BCUT2D eigenvalue weighted by molar-refractivity contribution is 5.78. The van der Waals surface area contributed by atoms with Gasteiger partial charge in [0.2, 0.25) is 5.91 Å². The van der Waals surface area contributed by atoms with E-state index in [2.05, 4.69) is 25.4 Å². The summed E-state index contributed by atoms with van der Waals surface area (Å²) in [5.41, 5.74) is 1.67. The third-order valence-corrected chi connectivity index (χ3v) is 3.61. The summed E-state index contributed by atoms with van der Waals surface area (Å²) in [5, 5.41) is 6.51. The van der Waals surface area contributed by atoms with Crippen molar-refractivity contribution in [2.24, 2.45) is 0 Å². The fourth-order valence-corrected chi connectivity index (χ4v) is 2.36. The predicted molar refractivity (Wildman–Crippen MR) is 89.6 cm³/mol. The number of rotatable bonds is 5. The monoisotopic (exact) mass is 339 g/mol. The Labute approximate surface area is 143 Å². The van der Waals surface area contributed by atoms with Crippen LogP contribution in [0.25, 0.3) is 11.5 Å². The first kappa shape index (κ1) is 16.6. The van der Waals surface area contributed by atoms with Crippen molar-refractivity contribution in [3.05, 3.63) is 63.5 Å². The zero-order valence-corrected chi connectivity index (χ0v) is 13.9. The fourth-order valence-electron chi connectivity index (χ4n) is 2.36. The van der Waals surface area contributed by atoms with Gasteiger partial charge in [0.05, 0.1) is 13.0 Å². The Morgan fingerprint density at radius 3 is 2.80 bits per heavy atom. The highest BCUT2D eigenvalue weighted by Gasteiger charge is 2.14. The van der Waals surface area contributed by atoms with Crippen molar-refractivity contribution in [3.8, 4) is 11.5 Å². The van der Waals surface area contributed by atoms with E-state index in [0.717, 1.165) is 0 Å². The van der Waals surface area contributed by atoms with Gasteiger partial charge in [0.15, 0.2) is 5.82 Å². The third kappa shape index (κ3) is 3.97. The van der Waals surface area contributed by atoms with Crippen molar-refractivity contribution in [3.63, 3.8) is 0 Å². The molecule has 8 heteroatoms. The molecule has 3 aromatic rings. The summed E-state index contributed by atoms with van der Waals surface area (Å²) in [5.74, 6) is 0.762. The summed E-state index contributed by atoms with van der Waals surface area (Å²) in [6, 6.07) is 7.08. The van der Waals surface area contributed by atoms with Crippen molar-refractivity contribution in [1.82, 2.24) is 25.4 Å². The zero-order chi connectivity index (χ0) is 17.8. The van der Waals surface area contributed by atoms with E-state index in [1.54, 1.807) is 38.2 Å². The fraction of sp³-hybridized carbons (Fsp3) is 0.235. The molecule has 0 aliphatic heterocycles. The van der Waals surface area contributed by atoms with Gasteiger partial charge in [-0.2, -0.15) is 0 Å². The minimum atomic E-state index is -0.347. The zero-order valence-electron chi connectivity index (χ0n) is 13.9. The molecule has 0 fully saturated rings. The standard InChI is InChI=1S/C17H17N5O3/c1-10-7-12(22-25-10)9-19-15(23)8-13-11(2)20-16(21-17(13)24)14-5-3-4-6-18-14/h3-7H,8-9H2,1-2H3,(H,19,23)(H,20,21,24). The van der Waals surface area contributed by atoms with Crippen molar-refractivity contribution in [2.45, 2.75) is 26.8 Å². The summed E-state index contributed by atoms with van der Waals surface area (Å²) in [4.78, 5) is 35.6. The van der Waals surface area contributed by atoms with Crippen LogP contribution in [0.1, 0.15) is 22.7 Å². The lowest BCUT2D eigenvalue weighted by Gasteiger charge is -2.07. The number of carbonyl (C=O) groups is 1. The molecule has 1 amide bonds. The molecule has 3 rings (SSSR count). The van der Waals surface area contributed by atoms with E-state index >= 15 is 0 Å². The summed E-state index contributed by atoms with van der Waals surface area (Å²) < 4.78 is 4.94. The van der Waals surface area contributed by atoms with Gasteiger partial charge in [-0.3, -0.25) is 14.6 Å². The van der Waals surface area contributed by atoms with Gasteiger partial charge in [-0.15, -0.1) is 0 Å². The van der Waals surface area contributed by atoms with Crippen LogP contribution >= 0.6 is 0 Å². The predicted octanol–water partition coefficient (Wildman–Crippen LogP) is 1.30. The molecule has 25 heavy (non-hydrogen) atoms. The average molecular weight is 339 g/mol. The Morgan fingerprint density at radius 1 is 1.32 bits per heavy atom. The molecule has 8 nitrogen and oxygen atoms in total. The highest BCUT2D eigenvalue weighted by atomic mass is 16.5. The van der Waals surface area contributed by atoms with Crippen LogP contribution in [-0.2, 0) is 17.8 Å². The van der Waals surface area contributed by atoms with E-state index in [4.69, 9.17) is 4.52 Å². The molecular formula is C17H17N5O3. The molecule has 0 radical (unpaired) electrons. The van der Waals surface area contributed by atoms with E-state index in [-0.39, 0.29) is 24.4 Å². The molecular weight excluding hydrogens is 322 g/mol. The van der Waals surface area contributed by atoms with Crippen LogP contribution in [0.15, 0.2) is 39.8 Å². The van der Waals surface area contributed by atoms with Crippen LogP contribution in [0.5, 0.6) is 0 Å². The number of aromatic amines is 1. The van der Waals surface area contributed by atoms with Gasteiger partial charge in [-0.1, -0.05) is 11.2 Å². The Hall–Kier alpha value is -3.29. The number of hydrogen-bond donors (Lipinski definition) is 2. The second-order valence-corrected chi connectivity index (χ2v) is 5.58. The van der Waals surface area contributed by atoms with Crippen molar-refractivity contribution >= 4 is 5.91 Å². The lowest BCUT2D eigenvalue weighted by atomic mass is 10.1. The molecule has 0 saturated heterocycles. The number of pyridine rings is 1. The van der Waals surface area contributed by atoms with Crippen LogP contribution in [-0.4, -0.2) is 26.0 Å². The second kappa shape index (κ2) is 7.08. The van der Waals surface area contributed by atoms with Gasteiger partial charge in [-0.25, -0.2) is 4.98 Å². The van der Waals surface area contributed by atoms with Crippen molar-refractivity contribution in [2.75, 3.05) is 0 Å². The summed E-state index contributed by atoms with van der Waals surface area (Å²) in [7, 11) is 0. The maximum atomic E-state index is 12.3. The molecule has 0 unspecified atom stereocenters. The van der Waals surface area contributed by atoms with Crippen LogP contribution in [0.3, 0.4) is 0 Å². The normalized spacial score (nSPS) is 10.6. The quantitative estimate of drug-likeness (QED) is 0.724. The number of nitrogens with zero attached hydrogens (tertiary/aromatic N) is 3. The van der Waals surface area contributed by atoms with E-state index in [1.165, 1.54) is 0 Å². The minimum absolute atomic E-state index is 0.0620. The van der Waals surface area contributed by atoms with Crippen molar-refractivity contribution in [1.29, 1.82) is 0 Å². The number of hydrogen-bond acceptors (Lipinski definition) is 6. The lowest BCUT2D eigenvalue weighted by molar-refractivity contribution is -0.120. The first-order valence-electron chi connectivity index (χ1n) is 7.73. The van der Waals surface area contributed by atoms with E-state index in [0.29, 0.717) is 34.2 Å². The van der Waals surface area contributed by atoms with Gasteiger partial charge < -0.3 is 14.8 Å². The van der Waals surface area contributed by atoms with Crippen LogP contribution < -0.4 is 10.9 Å². The van der Waals surface area contributed by atoms with E-state index < -0.39 is 0 Å². The first-order valence-corrected chi connectivity index (χ1v) is 7.73. The number of aromatic nitrogens is 4. The molecule has 128 valence electrons. The first-order chi connectivity index (χ1) is 12.0.